The number of anilines is 1. The normalized spacial score (nSPS) is 19.9. The highest BCUT2D eigenvalue weighted by molar-refractivity contribution is 8.13. The van der Waals surface area contributed by atoms with E-state index < -0.39 is 90.7 Å². The molecule has 3 heterocycles. The average molecular weight is 1130 g/mol. The van der Waals surface area contributed by atoms with Crippen LogP contribution in [0.2, 0.25) is 0 Å². The second-order valence-electron chi connectivity index (χ2n) is 18.9. The number of hydrogen-bond donors (Lipinski definition) is 10. The molecule has 74 heavy (non-hydrogen) atoms. The number of nitrogen functional groups attached to an aromatic ring is 1. The van der Waals surface area contributed by atoms with E-state index in [1.165, 1.54) is 104 Å². The number of aromatic nitrogens is 4. The van der Waals surface area contributed by atoms with E-state index in [0.717, 1.165) is 48.2 Å². The van der Waals surface area contributed by atoms with Gasteiger partial charge in [0.15, 0.2) is 22.8 Å². The number of nitrogens with one attached hydrogen (secondary N) is 2. The third-order valence-corrected chi connectivity index (χ3v) is 16.0. The zero-order chi connectivity index (χ0) is 54.8. The number of nitrogens with zero attached hydrogens (tertiary/aromatic N) is 4. The Labute approximate surface area is 437 Å². The van der Waals surface area contributed by atoms with Crippen LogP contribution >= 0.6 is 35.2 Å². The van der Waals surface area contributed by atoms with Crippen molar-refractivity contribution < 1.29 is 85.6 Å². The molecule has 8 atom stereocenters. The number of carbonyl (C=O) groups is 3. The van der Waals surface area contributed by atoms with Crippen molar-refractivity contribution in [3.05, 3.63) is 24.8 Å². The van der Waals surface area contributed by atoms with Gasteiger partial charge < -0.3 is 56.0 Å². The van der Waals surface area contributed by atoms with Crippen molar-refractivity contribution in [3.8, 4) is 0 Å². The molecule has 2 amide bonds. The lowest BCUT2D eigenvalue weighted by Gasteiger charge is -2.30. The molecule has 0 bridgehead atoms. The first kappa shape index (κ1) is 65.5. The quantitative estimate of drug-likeness (QED) is 0.0207. The van der Waals surface area contributed by atoms with E-state index in [1.807, 2.05) is 0 Å². The second-order valence-corrected chi connectivity index (χ2v) is 24.3. The number of allylic oxidation sites excluding steroid dienone is 2. The predicted molar refractivity (Wildman–Crippen MR) is 276 cm³/mol. The van der Waals surface area contributed by atoms with Crippen LogP contribution in [0, 0.1) is 5.41 Å². The molecule has 11 N–H and O–H groups in total. The molecule has 2 unspecified atom stereocenters. The number of imidazole rings is 1. The number of carbonyl (C=O) groups excluding carboxylic acids is 3. The van der Waals surface area contributed by atoms with Gasteiger partial charge in [-0.3, -0.25) is 32.5 Å². The summed E-state index contributed by atoms with van der Waals surface area (Å²) in [6.45, 7) is 2.65. The van der Waals surface area contributed by atoms with E-state index in [1.54, 1.807) is 0 Å². The number of fused-ring (bicyclic) bond motifs is 1. The van der Waals surface area contributed by atoms with Crippen LogP contribution in [0.15, 0.2) is 24.8 Å². The minimum atomic E-state index is -5.59. The van der Waals surface area contributed by atoms with Crippen LogP contribution in [0.1, 0.15) is 155 Å². The van der Waals surface area contributed by atoms with E-state index in [0.29, 0.717) is 6.42 Å². The number of ether oxygens (including phenoxy) is 1. The van der Waals surface area contributed by atoms with Crippen LogP contribution in [0.4, 0.5) is 5.82 Å². The first-order valence-electron chi connectivity index (χ1n) is 25.3. The van der Waals surface area contributed by atoms with E-state index in [-0.39, 0.29) is 53.8 Å². The second kappa shape index (κ2) is 33.5. The summed E-state index contributed by atoms with van der Waals surface area (Å²) >= 11 is 1.00. The Hall–Kier alpha value is -2.74. The summed E-state index contributed by atoms with van der Waals surface area (Å²) in [7, 11) is -16.4. The number of hydrogen-bond acceptors (Lipinski definition) is 19. The summed E-state index contributed by atoms with van der Waals surface area (Å²) in [5.74, 6) is -1.22. The number of aliphatic hydroxyl groups is 3. The number of nitrogens with two attached hydrogens (primary N) is 1. The van der Waals surface area contributed by atoms with Crippen molar-refractivity contribution >= 4 is 69.1 Å². The zero-order valence-electron chi connectivity index (χ0n) is 42.7. The third kappa shape index (κ3) is 25.6. The maximum atomic E-state index is 12.8. The molecule has 29 heteroatoms. The van der Waals surface area contributed by atoms with Gasteiger partial charge in [0.05, 0.1) is 25.6 Å². The highest BCUT2D eigenvalue weighted by atomic mass is 32.2. The van der Waals surface area contributed by atoms with Crippen molar-refractivity contribution in [1.82, 2.24) is 30.2 Å². The molecule has 0 spiro atoms. The van der Waals surface area contributed by atoms with E-state index in [9.17, 15) is 63.0 Å². The number of thioether (sulfide) groups is 1. The molecule has 2 aromatic rings. The maximum absolute atomic E-state index is 12.8. The summed E-state index contributed by atoms with van der Waals surface area (Å²) in [5.41, 5.74) is 4.26. The van der Waals surface area contributed by atoms with Crippen LogP contribution < -0.4 is 16.4 Å². The zero-order valence-corrected chi connectivity index (χ0v) is 46.2. The van der Waals surface area contributed by atoms with Crippen molar-refractivity contribution in [2.24, 2.45) is 5.41 Å². The Morgan fingerprint density at radius 3 is 2.07 bits per heavy atom. The summed E-state index contributed by atoms with van der Waals surface area (Å²) in [5, 5.41) is 36.7. The summed E-state index contributed by atoms with van der Waals surface area (Å²) in [6.07, 6.45) is 18.4. The Morgan fingerprint density at radius 2 is 1.45 bits per heavy atom. The third-order valence-electron chi connectivity index (χ3n) is 12.0. The number of phosphoric ester groups is 3. The maximum Gasteiger partial charge on any atom is 0.481 e. The van der Waals surface area contributed by atoms with Gasteiger partial charge in [0, 0.05) is 37.1 Å². The molecular weight excluding hydrogens is 1050 g/mol. The molecule has 1 aliphatic heterocycles. The van der Waals surface area contributed by atoms with Crippen LogP contribution in [0.3, 0.4) is 0 Å². The Bertz CT molecular complexity index is 2190. The standard InChI is InChI=1S/C45H80N7O18P3S/c1-4-5-6-7-8-9-10-11-12-13-14-15-16-17-18-19-20-21-22-23-33(53)28-36(55)74-27-26-47-35(54)24-25-48-43(58)40(57)45(2,3)30-67-73(64,65)70-72(62,63)66-29-34-39(69-71(59,60)61)38(56)44(68-34)52-32-51-37-41(46)49-31-50-42(37)52/h11-12,31-34,38-40,44,53,56-57H,4-10,13-30H2,1-3H3,(H,47,54)(H,48,58)(H,62,63)(H,64,65)(H2,46,49,50)(H2,59,60,61)/b12-11-/t33-,34+,38+,39+,40-,44+/m0/s1. The molecule has 3 rings (SSSR count). The summed E-state index contributed by atoms with van der Waals surface area (Å²) < 4.78 is 62.5. The SMILES string of the molecule is CCCCCCCC/C=C\CCCCCCCCCCC[C@H](O)CC(=O)SCCNC(=O)CCNC(=O)[C@H](O)C(C)(C)COP(=O)(O)OP(=O)(O)OC[C@H]1O[C@@H](n2cnc3c(N)ncnc32)[C@H](O)[C@@H]1OP(=O)(O)O. The van der Waals surface area contributed by atoms with E-state index in [2.05, 4.69) is 53.5 Å². The molecule has 0 aromatic carbocycles. The number of amides is 2. The van der Waals surface area contributed by atoms with Crippen molar-refractivity contribution in [2.45, 2.75) is 186 Å². The predicted octanol–water partition coefficient (Wildman–Crippen LogP) is 6.01. The van der Waals surface area contributed by atoms with Crippen LogP contribution in [-0.4, -0.2) is 134 Å². The van der Waals surface area contributed by atoms with Gasteiger partial charge >= 0.3 is 23.5 Å². The molecule has 0 radical (unpaired) electrons. The molecule has 1 aliphatic rings. The van der Waals surface area contributed by atoms with Gasteiger partial charge in [0.2, 0.25) is 11.8 Å². The molecule has 0 aliphatic carbocycles. The smallest absolute Gasteiger partial charge is 0.393 e. The lowest BCUT2D eigenvalue weighted by molar-refractivity contribution is -0.137. The lowest BCUT2D eigenvalue weighted by atomic mass is 9.87. The molecular formula is C45H80N7O18P3S. The van der Waals surface area contributed by atoms with Gasteiger partial charge in [-0.15, -0.1) is 0 Å². The first-order chi connectivity index (χ1) is 34.9. The fraction of sp³-hybridized carbons (Fsp3) is 0.778. The topological polar surface area (TPSA) is 384 Å². The monoisotopic (exact) mass is 1130 g/mol. The first-order valence-corrected chi connectivity index (χ1v) is 30.8. The minimum absolute atomic E-state index is 0.0226. The fourth-order valence-electron chi connectivity index (χ4n) is 7.81. The van der Waals surface area contributed by atoms with Gasteiger partial charge in [0.1, 0.15) is 36.3 Å². The van der Waals surface area contributed by atoms with Gasteiger partial charge in [-0.25, -0.2) is 28.6 Å². The highest BCUT2D eigenvalue weighted by Gasteiger charge is 2.50. The summed E-state index contributed by atoms with van der Waals surface area (Å²) in [6, 6.07) is 0. The molecule has 1 saturated heterocycles. The highest BCUT2D eigenvalue weighted by Crippen LogP contribution is 2.61. The molecule has 2 aromatic heterocycles. The van der Waals surface area contributed by atoms with E-state index >= 15 is 0 Å². The lowest BCUT2D eigenvalue weighted by Crippen LogP contribution is -2.46. The Balaban J connectivity index is 1.24. The van der Waals surface area contributed by atoms with Crippen LogP contribution in [0.5, 0.6) is 0 Å². The number of aliphatic hydroxyl groups excluding tert-OH is 3. The molecule has 1 fully saturated rings. The average Bonchev–Trinajstić information content (AvgIpc) is 3.89. The van der Waals surface area contributed by atoms with Gasteiger partial charge in [-0.1, -0.05) is 128 Å². The number of rotatable bonds is 40. The minimum Gasteiger partial charge on any atom is -0.393 e. The van der Waals surface area contributed by atoms with Gasteiger partial charge in [0.25, 0.3) is 0 Å². The van der Waals surface area contributed by atoms with Gasteiger partial charge in [-0.2, -0.15) is 4.31 Å². The number of phosphoric acid groups is 3. The van der Waals surface area contributed by atoms with E-state index in [4.69, 9.17) is 19.5 Å². The van der Waals surface area contributed by atoms with Crippen molar-refractivity contribution in [1.29, 1.82) is 0 Å². The fourth-order valence-corrected chi connectivity index (χ4v) is 11.4. The van der Waals surface area contributed by atoms with Crippen molar-refractivity contribution in [2.75, 3.05) is 37.8 Å². The van der Waals surface area contributed by atoms with Crippen LogP contribution in [-0.2, 0) is 50.7 Å². The van der Waals surface area contributed by atoms with Gasteiger partial charge in [-0.05, 0) is 32.1 Å². The Kier molecular flexibility index (Phi) is 29.7. The summed E-state index contributed by atoms with van der Waals surface area (Å²) in [4.78, 5) is 88.6. The van der Waals surface area contributed by atoms with Crippen LogP contribution in [0.25, 0.3) is 11.2 Å². The molecule has 25 nitrogen and oxygen atoms in total. The largest absolute Gasteiger partial charge is 0.481 e. The molecule has 0 saturated carbocycles. The molecule has 424 valence electrons. The number of unbranched alkanes of at least 4 members (excludes halogenated alkanes) is 15. The van der Waals surface area contributed by atoms with Crippen molar-refractivity contribution in [3.63, 3.8) is 0 Å². The Morgan fingerprint density at radius 1 is 0.851 bits per heavy atom.